The first kappa shape index (κ1) is 22.1. The Morgan fingerprint density at radius 2 is 1.68 bits per heavy atom. The maximum Gasteiger partial charge on any atom is 0.228 e. The van der Waals surface area contributed by atoms with Crippen molar-refractivity contribution in [3.63, 3.8) is 0 Å². The molecule has 1 amide bonds. The number of carbonyl (C=O) groups is 1. The number of carbonyl (C=O) groups excluding carboxylic acids is 1. The lowest BCUT2D eigenvalue weighted by atomic mass is 9.96. The molecule has 0 bridgehead atoms. The van der Waals surface area contributed by atoms with Gasteiger partial charge in [0.2, 0.25) is 5.91 Å². The largest absolute Gasteiger partial charge is 0.326 e. The van der Waals surface area contributed by atoms with E-state index in [1.54, 1.807) is 0 Å². The summed E-state index contributed by atoms with van der Waals surface area (Å²) in [6.07, 6.45) is 2.01. The quantitative estimate of drug-likeness (QED) is 0.375. The molecule has 5 heteroatoms. The zero-order valence-corrected chi connectivity index (χ0v) is 19.9. The van der Waals surface area contributed by atoms with Gasteiger partial charge < -0.3 is 5.32 Å². The van der Waals surface area contributed by atoms with Gasteiger partial charge in [0.15, 0.2) is 0 Å². The predicted octanol–water partition coefficient (Wildman–Crippen LogP) is 6.59. The van der Waals surface area contributed by atoms with Crippen molar-refractivity contribution in [3.05, 3.63) is 94.5 Å². The van der Waals surface area contributed by atoms with Crippen LogP contribution in [-0.2, 0) is 17.1 Å². The second kappa shape index (κ2) is 11.0. The summed E-state index contributed by atoms with van der Waals surface area (Å²) in [6, 6.07) is 27.1. The number of rotatable bonds is 7. The third-order valence-corrected chi connectivity index (χ3v) is 7.18. The average molecular weight is 495 g/mol. The van der Waals surface area contributed by atoms with E-state index in [0.717, 1.165) is 48.4 Å². The molecule has 1 aliphatic rings. The molecule has 160 valence electrons. The van der Waals surface area contributed by atoms with E-state index in [0.29, 0.717) is 0 Å². The van der Waals surface area contributed by atoms with Crippen molar-refractivity contribution in [1.29, 1.82) is 0 Å². The van der Waals surface area contributed by atoms with Gasteiger partial charge in [0.1, 0.15) is 0 Å². The van der Waals surface area contributed by atoms with Gasteiger partial charge in [0.25, 0.3) is 0 Å². The Bertz CT molecular complexity index is 977. The van der Waals surface area contributed by atoms with Crippen molar-refractivity contribution in [1.82, 2.24) is 4.90 Å². The van der Waals surface area contributed by atoms with Crippen LogP contribution in [0, 0.1) is 5.92 Å². The fraction of sp³-hybridized carbons (Fsp3) is 0.269. The van der Waals surface area contributed by atoms with Gasteiger partial charge in [0.05, 0.1) is 5.92 Å². The Morgan fingerprint density at radius 3 is 2.42 bits per heavy atom. The molecule has 0 radical (unpaired) electrons. The van der Waals surface area contributed by atoms with Gasteiger partial charge in [-0.15, -0.1) is 11.8 Å². The molecule has 3 aromatic rings. The molecule has 1 fully saturated rings. The Kier molecular flexibility index (Phi) is 7.84. The number of thioether (sulfide) groups is 1. The van der Waals surface area contributed by atoms with Crippen LogP contribution in [-0.4, -0.2) is 23.9 Å². The second-order valence-electron chi connectivity index (χ2n) is 7.99. The van der Waals surface area contributed by atoms with Crippen molar-refractivity contribution in [2.24, 2.45) is 5.92 Å². The van der Waals surface area contributed by atoms with Crippen LogP contribution in [0.5, 0.6) is 0 Å². The standard InChI is InChI=1S/C26H27BrN2OS/c27-23-12-8-20(9-13-23)17-29-16-4-5-22(18-29)26(30)28-24-14-10-21(11-15-24)19-31-25-6-2-1-3-7-25/h1-3,6-15,22H,4-5,16-19H2,(H,28,30). The zero-order valence-electron chi connectivity index (χ0n) is 17.5. The van der Waals surface area contributed by atoms with E-state index in [-0.39, 0.29) is 11.8 Å². The van der Waals surface area contributed by atoms with Crippen molar-refractivity contribution in [2.45, 2.75) is 30.0 Å². The van der Waals surface area contributed by atoms with Crippen LogP contribution in [0.25, 0.3) is 0 Å². The molecule has 0 spiro atoms. The third kappa shape index (κ3) is 6.70. The fourth-order valence-electron chi connectivity index (χ4n) is 3.87. The molecule has 1 saturated heterocycles. The number of likely N-dealkylation sites (tertiary alicyclic amines) is 1. The van der Waals surface area contributed by atoms with Gasteiger partial charge in [-0.25, -0.2) is 0 Å². The molecule has 3 aromatic carbocycles. The SMILES string of the molecule is O=C(Nc1ccc(CSc2ccccc2)cc1)C1CCCN(Cc2ccc(Br)cc2)C1. The summed E-state index contributed by atoms with van der Waals surface area (Å²) in [5.41, 5.74) is 3.42. The molecule has 3 nitrogen and oxygen atoms in total. The maximum atomic E-state index is 12.9. The van der Waals surface area contributed by atoms with E-state index in [2.05, 4.69) is 86.8 Å². The van der Waals surface area contributed by atoms with Gasteiger partial charge in [-0.05, 0) is 66.9 Å². The Hall–Kier alpha value is -2.08. The molecule has 0 saturated carbocycles. The average Bonchev–Trinajstić information content (AvgIpc) is 2.81. The number of nitrogens with one attached hydrogen (secondary N) is 1. The van der Waals surface area contributed by atoms with E-state index >= 15 is 0 Å². The number of hydrogen-bond acceptors (Lipinski definition) is 3. The zero-order chi connectivity index (χ0) is 21.5. The lowest BCUT2D eigenvalue weighted by molar-refractivity contribution is -0.121. The molecule has 1 aliphatic heterocycles. The lowest BCUT2D eigenvalue weighted by Crippen LogP contribution is -2.40. The summed E-state index contributed by atoms with van der Waals surface area (Å²) in [5.74, 6) is 1.09. The topological polar surface area (TPSA) is 32.3 Å². The molecular formula is C26H27BrN2OS. The van der Waals surface area contributed by atoms with E-state index in [1.807, 2.05) is 30.0 Å². The molecule has 1 atom stereocenters. The lowest BCUT2D eigenvalue weighted by Gasteiger charge is -2.32. The highest BCUT2D eigenvalue weighted by Gasteiger charge is 2.25. The van der Waals surface area contributed by atoms with Gasteiger partial charge in [-0.3, -0.25) is 9.69 Å². The fourth-order valence-corrected chi connectivity index (χ4v) is 5.01. The molecule has 4 rings (SSSR count). The summed E-state index contributed by atoms with van der Waals surface area (Å²) in [7, 11) is 0. The minimum absolute atomic E-state index is 0.0394. The third-order valence-electron chi connectivity index (χ3n) is 5.57. The number of halogens is 1. The van der Waals surface area contributed by atoms with Crippen molar-refractivity contribution >= 4 is 39.3 Å². The number of nitrogens with zero attached hydrogens (tertiary/aromatic N) is 1. The number of amides is 1. The summed E-state index contributed by atoms with van der Waals surface area (Å²) < 4.78 is 1.09. The van der Waals surface area contributed by atoms with Crippen LogP contribution in [0.3, 0.4) is 0 Å². The van der Waals surface area contributed by atoms with Crippen molar-refractivity contribution in [2.75, 3.05) is 18.4 Å². The summed E-state index contributed by atoms with van der Waals surface area (Å²) >= 11 is 5.31. The highest BCUT2D eigenvalue weighted by Crippen LogP contribution is 2.24. The molecule has 1 unspecified atom stereocenters. The van der Waals surface area contributed by atoms with Crippen LogP contribution in [0.15, 0.2) is 88.2 Å². The predicted molar refractivity (Wildman–Crippen MR) is 133 cm³/mol. The van der Waals surface area contributed by atoms with E-state index in [4.69, 9.17) is 0 Å². The number of benzene rings is 3. The summed E-state index contributed by atoms with van der Waals surface area (Å²) in [4.78, 5) is 16.5. The minimum Gasteiger partial charge on any atom is -0.326 e. The highest BCUT2D eigenvalue weighted by atomic mass is 79.9. The molecule has 1 heterocycles. The van der Waals surface area contributed by atoms with E-state index in [9.17, 15) is 4.79 Å². The smallest absolute Gasteiger partial charge is 0.228 e. The van der Waals surface area contributed by atoms with Crippen LogP contribution in [0.4, 0.5) is 5.69 Å². The molecule has 0 aromatic heterocycles. The van der Waals surface area contributed by atoms with Gasteiger partial charge in [0, 0.05) is 33.9 Å². The van der Waals surface area contributed by atoms with Crippen LogP contribution in [0.1, 0.15) is 24.0 Å². The van der Waals surface area contributed by atoms with Gasteiger partial charge in [-0.2, -0.15) is 0 Å². The second-order valence-corrected chi connectivity index (χ2v) is 9.95. The first-order chi connectivity index (χ1) is 15.2. The van der Waals surface area contributed by atoms with E-state index < -0.39 is 0 Å². The first-order valence-electron chi connectivity index (χ1n) is 10.7. The summed E-state index contributed by atoms with van der Waals surface area (Å²) in [6.45, 7) is 2.76. The van der Waals surface area contributed by atoms with Crippen LogP contribution >= 0.6 is 27.7 Å². The minimum atomic E-state index is 0.0394. The Balaban J connectivity index is 1.27. The number of piperidine rings is 1. The van der Waals surface area contributed by atoms with Gasteiger partial charge in [-0.1, -0.05) is 58.4 Å². The van der Waals surface area contributed by atoms with E-state index in [1.165, 1.54) is 16.0 Å². The molecule has 31 heavy (non-hydrogen) atoms. The molecular weight excluding hydrogens is 468 g/mol. The Morgan fingerprint density at radius 1 is 0.968 bits per heavy atom. The number of anilines is 1. The molecule has 0 aliphatic carbocycles. The van der Waals surface area contributed by atoms with Crippen LogP contribution < -0.4 is 5.32 Å². The maximum absolute atomic E-state index is 12.9. The van der Waals surface area contributed by atoms with Crippen LogP contribution in [0.2, 0.25) is 0 Å². The van der Waals surface area contributed by atoms with Crippen molar-refractivity contribution in [3.8, 4) is 0 Å². The van der Waals surface area contributed by atoms with Crippen molar-refractivity contribution < 1.29 is 4.79 Å². The Labute approximate surface area is 197 Å². The number of hydrogen-bond donors (Lipinski definition) is 1. The first-order valence-corrected chi connectivity index (χ1v) is 12.5. The van der Waals surface area contributed by atoms with Gasteiger partial charge >= 0.3 is 0 Å². The highest BCUT2D eigenvalue weighted by molar-refractivity contribution is 9.10. The monoisotopic (exact) mass is 494 g/mol. The molecule has 1 N–H and O–H groups in total. The summed E-state index contributed by atoms with van der Waals surface area (Å²) in [5, 5.41) is 3.13. The normalized spacial score (nSPS) is 16.7.